The first kappa shape index (κ1) is 17.4. The number of nitrogens with one attached hydrogen (secondary N) is 2. The van der Waals surface area contributed by atoms with Gasteiger partial charge in [-0.25, -0.2) is 5.48 Å². The lowest BCUT2D eigenvalue weighted by molar-refractivity contribution is -0.122. The third kappa shape index (κ3) is 4.77. The maximum Gasteiger partial charge on any atom is 0.274 e. The fraction of sp³-hybridized carbons (Fsp3) is 0.188. The van der Waals surface area contributed by atoms with Gasteiger partial charge in [-0.1, -0.05) is 12.1 Å². The predicted octanol–water partition coefficient (Wildman–Crippen LogP) is 0.0924. The van der Waals surface area contributed by atoms with E-state index in [9.17, 15) is 9.59 Å². The van der Waals surface area contributed by atoms with Gasteiger partial charge < -0.3 is 16.2 Å². The van der Waals surface area contributed by atoms with Gasteiger partial charge in [-0.3, -0.25) is 19.8 Å². The minimum atomic E-state index is -0.763. The third-order valence-corrected chi connectivity index (χ3v) is 3.36. The lowest BCUT2D eigenvalue weighted by Crippen LogP contribution is -2.41. The Kier molecular flexibility index (Phi) is 5.83. The van der Waals surface area contributed by atoms with E-state index in [0.29, 0.717) is 11.3 Å². The molecule has 0 aliphatic heterocycles. The van der Waals surface area contributed by atoms with Gasteiger partial charge in [0.15, 0.2) is 0 Å². The van der Waals surface area contributed by atoms with Gasteiger partial charge in [-0.15, -0.1) is 0 Å². The molecule has 1 aromatic carbocycles. The van der Waals surface area contributed by atoms with Crippen LogP contribution in [-0.2, 0) is 17.8 Å². The Labute approximate surface area is 138 Å². The number of pyridine rings is 1. The van der Waals surface area contributed by atoms with Gasteiger partial charge in [-0.05, 0) is 29.8 Å². The van der Waals surface area contributed by atoms with Crippen LogP contribution in [0.3, 0.4) is 0 Å². The smallest absolute Gasteiger partial charge is 0.274 e. The Morgan fingerprint density at radius 3 is 2.46 bits per heavy atom. The summed E-state index contributed by atoms with van der Waals surface area (Å²) in [7, 11) is 0. The molecule has 0 bridgehead atoms. The minimum Gasteiger partial charge on any atom is -0.506 e. The molecule has 0 radical (unpaired) electrons. The lowest BCUT2D eigenvalue weighted by Gasteiger charge is -2.12. The molecular formula is C16H18N4O4. The summed E-state index contributed by atoms with van der Waals surface area (Å²) >= 11 is 0. The molecule has 8 nitrogen and oxygen atoms in total. The average molecular weight is 330 g/mol. The van der Waals surface area contributed by atoms with Crippen molar-refractivity contribution in [3.63, 3.8) is 0 Å². The number of benzene rings is 1. The summed E-state index contributed by atoms with van der Waals surface area (Å²) in [5, 5.41) is 20.4. The van der Waals surface area contributed by atoms with Crippen LogP contribution in [0.1, 0.15) is 21.6 Å². The summed E-state index contributed by atoms with van der Waals surface area (Å²) in [5.74, 6) is -0.883. The average Bonchev–Trinajstić information content (AvgIpc) is 2.61. The molecule has 2 aromatic rings. The van der Waals surface area contributed by atoms with E-state index in [0.717, 1.165) is 5.56 Å². The SMILES string of the molecule is NC(Cc1ccc(O)cn1)C(=O)NCc1ccc(C(=O)NO)cc1. The Hall–Kier alpha value is -2.97. The Bertz CT molecular complexity index is 701. The summed E-state index contributed by atoms with van der Waals surface area (Å²) in [6.07, 6.45) is 1.55. The van der Waals surface area contributed by atoms with Crippen LogP contribution in [0.2, 0.25) is 0 Å². The molecule has 0 aliphatic rings. The van der Waals surface area contributed by atoms with Crippen LogP contribution in [0, 0.1) is 0 Å². The normalized spacial score (nSPS) is 11.6. The van der Waals surface area contributed by atoms with E-state index in [2.05, 4.69) is 10.3 Å². The number of hydrogen-bond acceptors (Lipinski definition) is 6. The number of rotatable bonds is 6. The molecule has 0 saturated carbocycles. The summed E-state index contributed by atoms with van der Waals surface area (Å²) in [5.41, 5.74) is 9.08. The van der Waals surface area contributed by atoms with Crippen molar-refractivity contribution >= 4 is 11.8 Å². The highest BCUT2D eigenvalue weighted by Crippen LogP contribution is 2.08. The van der Waals surface area contributed by atoms with Crippen molar-refractivity contribution in [2.45, 2.75) is 19.0 Å². The second-order valence-electron chi connectivity index (χ2n) is 5.17. The molecule has 0 aliphatic carbocycles. The first-order chi connectivity index (χ1) is 11.5. The van der Waals surface area contributed by atoms with E-state index in [1.54, 1.807) is 23.7 Å². The minimum absolute atomic E-state index is 0.0510. The Morgan fingerprint density at radius 1 is 1.17 bits per heavy atom. The molecule has 1 unspecified atom stereocenters. The van der Waals surface area contributed by atoms with E-state index in [4.69, 9.17) is 16.0 Å². The van der Waals surface area contributed by atoms with Crippen molar-refractivity contribution < 1.29 is 19.9 Å². The fourth-order valence-electron chi connectivity index (χ4n) is 2.01. The second kappa shape index (κ2) is 8.04. The van der Waals surface area contributed by atoms with Crippen LogP contribution in [-0.4, -0.2) is 33.2 Å². The number of carbonyl (C=O) groups is 2. The topological polar surface area (TPSA) is 138 Å². The molecule has 2 rings (SSSR count). The number of aromatic nitrogens is 1. The lowest BCUT2D eigenvalue weighted by atomic mass is 10.1. The van der Waals surface area contributed by atoms with Crippen LogP contribution in [0.25, 0.3) is 0 Å². The van der Waals surface area contributed by atoms with Crippen molar-refractivity contribution in [1.29, 1.82) is 0 Å². The number of aromatic hydroxyl groups is 1. The number of nitrogens with zero attached hydrogens (tertiary/aromatic N) is 1. The van der Waals surface area contributed by atoms with Crippen molar-refractivity contribution in [3.05, 3.63) is 59.4 Å². The van der Waals surface area contributed by atoms with E-state index in [-0.39, 0.29) is 24.6 Å². The van der Waals surface area contributed by atoms with Crippen molar-refractivity contribution in [3.8, 4) is 5.75 Å². The maximum absolute atomic E-state index is 12.0. The van der Waals surface area contributed by atoms with Crippen LogP contribution >= 0.6 is 0 Å². The van der Waals surface area contributed by atoms with Crippen LogP contribution in [0.15, 0.2) is 42.6 Å². The molecule has 24 heavy (non-hydrogen) atoms. The molecule has 0 fully saturated rings. The van der Waals surface area contributed by atoms with Gasteiger partial charge in [0.1, 0.15) is 5.75 Å². The van der Waals surface area contributed by atoms with E-state index in [1.807, 2.05) is 0 Å². The molecule has 2 amide bonds. The predicted molar refractivity (Wildman–Crippen MR) is 85.1 cm³/mol. The summed E-state index contributed by atoms with van der Waals surface area (Å²) in [6, 6.07) is 8.72. The van der Waals surface area contributed by atoms with Crippen molar-refractivity contribution in [2.24, 2.45) is 5.73 Å². The van der Waals surface area contributed by atoms with Gasteiger partial charge in [0.05, 0.1) is 12.2 Å². The highest BCUT2D eigenvalue weighted by molar-refractivity contribution is 5.93. The summed E-state index contributed by atoms with van der Waals surface area (Å²) < 4.78 is 0. The van der Waals surface area contributed by atoms with Crippen molar-refractivity contribution in [1.82, 2.24) is 15.8 Å². The van der Waals surface area contributed by atoms with E-state index in [1.165, 1.54) is 24.4 Å². The molecule has 1 atom stereocenters. The zero-order chi connectivity index (χ0) is 17.5. The standard InChI is InChI=1S/C16H18N4O4/c17-14(7-12-5-6-13(21)9-18-12)16(23)19-8-10-1-3-11(4-2-10)15(22)20-24/h1-6,9,14,21,24H,7-8,17H2,(H,19,23)(H,20,22). The fourth-order valence-corrected chi connectivity index (χ4v) is 2.01. The number of amides is 2. The molecule has 126 valence electrons. The van der Waals surface area contributed by atoms with Gasteiger partial charge in [0, 0.05) is 24.2 Å². The summed E-state index contributed by atoms with van der Waals surface area (Å²) in [6.45, 7) is 0.260. The van der Waals surface area contributed by atoms with Gasteiger partial charge in [0.25, 0.3) is 5.91 Å². The zero-order valence-corrected chi connectivity index (χ0v) is 12.8. The molecule has 1 aromatic heterocycles. The van der Waals surface area contributed by atoms with E-state index < -0.39 is 11.9 Å². The number of hydrogen-bond donors (Lipinski definition) is 5. The van der Waals surface area contributed by atoms with Crippen LogP contribution < -0.4 is 16.5 Å². The van der Waals surface area contributed by atoms with Crippen LogP contribution in [0.4, 0.5) is 0 Å². The monoisotopic (exact) mass is 330 g/mol. The maximum atomic E-state index is 12.0. The third-order valence-electron chi connectivity index (χ3n) is 3.36. The number of hydroxylamine groups is 1. The number of carbonyl (C=O) groups excluding carboxylic acids is 2. The quantitative estimate of drug-likeness (QED) is 0.376. The zero-order valence-electron chi connectivity index (χ0n) is 12.8. The van der Waals surface area contributed by atoms with Gasteiger partial charge in [-0.2, -0.15) is 0 Å². The molecule has 0 saturated heterocycles. The molecule has 1 heterocycles. The molecule has 0 spiro atoms. The molecule has 6 N–H and O–H groups in total. The largest absolute Gasteiger partial charge is 0.506 e. The van der Waals surface area contributed by atoms with Crippen molar-refractivity contribution in [2.75, 3.05) is 0 Å². The molecular weight excluding hydrogens is 312 g/mol. The summed E-state index contributed by atoms with van der Waals surface area (Å²) in [4.78, 5) is 27.2. The van der Waals surface area contributed by atoms with Gasteiger partial charge >= 0.3 is 0 Å². The first-order valence-electron chi connectivity index (χ1n) is 7.20. The first-order valence-corrected chi connectivity index (χ1v) is 7.20. The molecule has 8 heteroatoms. The van der Waals surface area contributed by atoms with Gasteiger partial charge in [0.2, 0.25) is 5.91 Å². The highest BCUT2D eigenvalue weighted by atomic mass is 16.5. The Balaban J connectivity index is 1.85. The van der Waals surface area contributed by atoms with Crippen LogP contribution in [0.5, 0.6) is 5.75 Å². The highest BCUT2D eigenvalue weighted by Gasteiger charge is 2.14. The number of nitrogens with two attached hydrogens (primary N) is 1. The second-order valence-corrected chi connectivity index (χ2v) is 5.17. The Morgan fingerprint density at radius 2 is 1.88 bits per heavy atom. The van der Waals surface area contributed by atoms with E-state index >= 15 is 0 Å².